The van der Waals surface area contributed by atoms with E-state index in [1.165, 1.54) is 0 Å². The molecule has 0 aliphatic rings. The summed E-state index contributed by atoms with van der Waals surface area (Å²) < 4.78 is 10.6. The normalized spacial score (nSPS) is 11.3. The maximum atomic E-state index is 12.8. The molecule has 1 aromatic heterocycles. The van der Waals surface area contributed by atoms with Gasteiger partial charge in [-0.1, -0.05) is 66.7 Å². The topological polar surface area (TPSA) is 68.7 Å². The van der Waals surface area contributed by atoms with Crippen molar-refractivity contribution in [2.45, 2.75) is 19.1 Å². The van der Waals surface area contributed by atoms with Crippen LogP contribution in [0.5, 0.6) is 0 Å². The second-order valence-electron chi connectivity index (χ2n) is 7.83. The third-order valence-electron chi connectivity index (χ3n) is 5.70. The molecule has 4 rings (SSSR count). The van der Waals surface area contributed by atoms with Crippen LogP contribution in [0.1, 0.15) is 35.1 Å². The Kier molecular flexibility index (Phi) is 7.25. The summed E-state index contributed by atoms with van der Waals surface area (Å²) in [5.41, 5.74) is 6.25. The summed E-state index contributed by atoms with van der Waals surface area (Å²) in [6.45, 7) is 0.00164. The number of carbonyl (C=O) groups excluding carboxylic acids is 1. The van der Waals surface area contributed by atoms with E-state index in [-0.39, 0.29) is 18.7 Å². The molecule has 0 saturated heterocycles. The lowest BCUT2D eigenvalue weighted by Gasteiger charge is -2.14. The second-order valence-corrected chi connectivity index (χ2v) is 7.83. The molecule has 0 amide bonds. The van der Waals surface area contributed by atoms with E-state index >= 15 is 0 Å². The minimum absolute atomic E-state index is 0.00164. The molecule has 3 aromatic carbocycles. The van der Waals surface area contributed by atoms with E-state index in [9.17, 15) is 4.79 Å². The molecule has 5 nitrogen and oxygen atoms in total. The van der Waals surface area contributed by atoms with Gasteiger partial charge in [0.25, 0.3) is 0 Å². The molecular weight excluding hydrogens is 414 g/mol. The molecule has 168 valence electrons. The molecule has 0 aliphatic heterocycles. The smallest absolute Gasteiger partial charge is 0.183 e. The quantitative estimate of drug-likeness (QED) is 0.262. The fourth-order valence-corrected chi connectivity index (χ4v) is 3.96. The average Bonchev–Trinajstić information content (AvgIpc) is 2.88. The molecule has 0 radical (unpaired) electrons. The summed E-state index contributed by atoms with van der Waals surface area (Å²) in [6.07, 6.45) is 0.384. The van der Waals surface area contributed by atoms with Crippen molar-refractivity contribution in [1.82, 2.24) is 4.98 Å². The van der Waals surface area contributed by atoms with Gasteiger partial charge in [0.15, 0.2) is 12.1 Å². The van der Waals surface area contributed by atoms with Crippen LogP contribution in [0, 0.1) is 0 Å². The number of methoxy groups -OCH3 is 2. The van der Waals surface area contributed by atoms with Gasteiger partial charge in [-0.3, -0.25) is 4.79 Å². The number of aliphatic hydroxyl groups excluding tert-OH is 1. The lowest BCUT2D eigenvalue weighted by molar-refractivity contribution is -0.106. The number of carbonyl (C=O) groups is 1. The molecule has 0 atom stereocenters. The van der Waals surface area contributed by atoms with Crippen molar-refractivity contribution in [3.63, 3.8) is 0 Å². The molecule has 4 aromatic rings. The molecule has 0 fully saturated rings. The first kappa shape index (κ1) is 22.8. The number of pyridine rings is 1. The van der Waals surface area contributed by atoms with Crippen molar-refractivity contribution < 1.29 is 19.4 Å². The Morgan fingerprint density at radius 3 is 2.12 bits per heavy atom. The van der Waals surface area contributed by atoms with Crippen LogP contribution in [0.3, 0.4) is 0 Å². The molecule has 0 unspecified atom stereocenters. The molecule has 5 heteroatoms. The number of fused-ring (bicyclic) bond motifs is 1. The number of benzene rings is 3. The number of para-hydroxylation sites is 1. The zero-order valence-corrected chi connectivity index (χ0v) is 18.8. The third-order valence-corrected chi connectivity index (χ3v) is 5.70. The molecule has 0 spiro atoms. The van der Waals surface area contributed by atoms with E-state index in [1.54, 1.807) is 14.2 Å². The first-order valence-corrected chi connectivity index (χ1v) is 10.9. The number of aromatic nitrogens is 1. The number of hydrogen-bond donors (Lipinski definition) is 1. The number of aliphatic hydroxyl groups is 1. The van der Waals surface area contributed by atoms with Crippen LogP contribution in [0.2, 0.25) is 0 Å². The van der Waals surface area contributed by atoms with Crippen molar-refractivity contribution in [2.75, 3.05) is 20.8 Å². The zero-order valence-electron chi connectivity index (χ0n) is 18.8. The lowest BCUT2D eigenvalue weighted by atomic mass is 9.97. The maximum Gasteiger partial charge on any atom is 0.183 e. The van der Waals surface area contributed by atoms with Gasteiger partial charge in [0, 0.05) is 49.3 Å². The Balaban J connectivity index is 1.65. The monoisotopic (exact) mass is 441 g/mol. The van der Waals surface area contributed by atoms with E-state index in [2.05, 4.69) is 12.1 Å². The SMILES string of the molecule is COC(OC)c1ccc(-c2ccc(-c3cc(C(=O)CCCO)c4ccccc4n3)cc2)cc1. The highest BCUT2D eigenvalue weighted by atomic mass is 16.7. The molecule has 0 aliphatic carbocycles. The molecule has 0 bridgehead atoms. The predicted octanol–water partition coefficient (Wildman–Crippen LogP) is 5.82. The number of nitrogens with zero attached hydrogens (tertiary/aromatic N) is 1. The molecule has 33 heavy (non-hydrogen) atoms. The molecule has 1 N–H and O–H groups in total. The number of ether oxygens (including phenoxy) is 2. The minimum Gasteiger partial charge on any atom is -0.396 e. The highest BCUT2D eigenvalue weighted by molar-refractivity contribution is 6.08. The molecule has 1 heterocycles. The Hall–Kier alpha value is -3.38. The fourth-order valence-electron chi connectivity index (χ4n) is 3.96. The molecule has 0 saturated carbocycles. The van der Waals surface area contributed by atoms with Crippen molar-refractivity contribution in [2.24, 2.45) is 0 Å². The summed E-state index contributed by atoms with van der Waals surface area (Å²) in [5.74, 6) is 0.0195. The summed E-state index contributed by atoms with van der Waals surface area (Å²) in [7, 11) is 3.24. The Bertz CT molecular complexity index is 1230. The van der Waals surface area contributed by atoms with Crippen molar-refractivity contribution in [3.8, 4) is 22.4 Å². The maximum absolute atomic E-state index is 12.8. The van der Waals surface area contributed by atoms with Crippen molar-refractivity contribution >= 4 is 16.7 Å². The van der Waals surface area contributed by atoms with Crippen LogP contribution in [0.4, 0.5) is 0 Å². The van der Waals surface area contributed by atoms with Crippen LogP contribution in [-0.4, -0.2) is 36.7 Å². The van der Waals surface area contributed by atoms with Gasteiger partial charge in [-0.25, -0.2) is 4.98 Å². The van der Waals surface area contributed by atoms with E-state index in [0.717, 1.165) is 38.9 Å². The van der Waals surface area contributed by atoms with Crippen LogP contribution in [-0.2, 0) is 9.47 Å². The van der Waals surface area contributed by atoms with Gasteiger partial charge < -0.3 is 14.6 Å². The van der Waals surface area contributed by atoms with Crippen LogP contribution < -0.4 is 0 Å². The van der Waals surface area contributed by atoms with Crippen molar-refractivity contribution in [1.29, 1.82) is 0 Å². The van der Waals surface area contributed by atoms with E-state index < -0.39 is 0 Å². The number of rotatable bonds is 9. The van der Waals surface area contributed by atoms with Crippen molar-refractivity contribution in [3.05, 3.63) is 90.0 Å². The lowest BCUT2D eigenvalue weighted by Crippen LogP contribution is -2.03. The van der Waals surface area contributed by atoms with Gasteiger partial charge in [0.05, 0.1) is 11.2 Å². The zero-order chi connectivity index (χ0) is 23.2. The number of ketones is 1. The van der Waals surface area contributed by atoms with E-state index in [1.807, 2.05) is 66.7 Å². The summed E-state index contributed by atoms with van der Waals surface area (Å²) >= 11 is 0. The summed E-state index contributed by atoms with van der Waals surface area (Å²) in [4.78, 5) is 17.6. The highest BCUT2D eigenvalue weighted by Gasteiger charge is 2.14. The van der Waals surface area contributed by atoms with Gasteiger partial charge in [0.1, 0.15) is 0 Å². The fraction of sp³-hybridized carbons (Fsp3) is 0.214. The van der Waals surface area contributed by atoms with Gasteiger partial charge in [-0.2, -0.15) is 0 Å². The first-order chi connectivity index (χ1) is 16.1. The van der Waals surface area contributed by atoms with Crippen LogP contribution >= 0.6 is 0 Å². The van der Waals surface area contributed by atoms with Gasteiger partial charge in [-0.15, -0.1) is 0 Å². The standard InChI is InChI=1S/C28H27NO4/c1-32-28(33-2)22-15-11-20(12-16-22)19-9-13-21(14-10-19)26-18-24(27(31)8-5-17-30)23-6-3-4-7-25(23)29-26/h3-4,6-7,9-16,18,28,30H,5,8,17H2,1-2H3. The average molecular weight is 442 g/mol. The third kappa shape index (κ3) is 5.01. The highest BCUT2D eigenvalue weighted by Crippen LogP contribution is 2.29. The van der Waals surface area contributed by atoms with Crippen LogP contribution in [0.25, 0.3) is 33.3 Å². The second kappa shape index (κ2) is 10.5. The Labute approximate surface area is 193 Å². The van der Waals surface area contributed by atoms with E-state index in [0.29, 0.717) is 18.4 Å². The minimum atomic E-state index is -0.380. The van der Waals surface area contributed by atoms with Gasteiger partial charge >= 0.3 is 0 Å². The molecular formula is C28H27NO4. The predicted molar refractivity (Wildman–Crippen MR) is 130 cm³/mol. The Morgan fingerprint density at radius 2 is 1.48 bits per heavy atom. The number of Topliss-reactive ketones (excluding diaryl/α,β-unsaturated/α-hetero) is 1. The van der Waals surface area contributed by atoms with E-state index in [4.69, 9.17) is 19.6 Å². The summed E-state index contributed by atoms with van der Waals surface area (Å²) in [6, 6.07) is 25.8. The number of hydrogen-bond acceptors (Lipinski definition) is 5. The Morgan fingerprint density at radius 1 is 0.879 bits per heavy atom. The van der Waals surface area contributed by atoms with Crippen LogP contribution in [0.15, 0.2) is 78.9 Å². The summed E-state index contributed by atoms with van der Waals surface area (Å²) in [5, 5.41) is 9.96. The van der Waals surface area contributed by atoms with Gasteiger partial charge in [-0.05, 0) is 29.7 Å². The van der Waals surface area contributed by atoms with Gasteiger partial charge in [0.2, 0.25) is 0 Å². The first-order valence-electron chi connectivity index (χ1n) is 10.9. The largest absolute Gasteiger partial charge is 0.396 e.